The van der Waals surface area contributed by atoms with Gasteiger partial charge < -0.3 is 9.47 Å². The summed E-state index contributed by atoms with van der Waals surface area (Å²) in [4.78, 5) is 12.2. The molecular formula is C37H58O3. The van der Waals surface area contributed by atoms with Crippen LogP contribution in [0.4, 0.5) is 0 Å². The fourth-order valence-electron chi connectivity index (χ4n) is 5.20. The number of unbranched alkanes of at least 4 members (excludes halogenated alkanes) is 16. The summed E-state index contributed by atoms with van der Waals surface area (Å²) in [7, 11) is 0. The molecule has 0 aliphatic rings. The van der Waals surface area contributed by atoms with Crippen LogP contribution in [0.1, 0.15) is 154 Å². The topological polar surface area (TPSA) is 35.5 Å². The number of carbonyl (C=O) groups is 1. The van der Waals surface area contributed by atoms with E-state index >= 15 is 0 Å². The largest absolute Gasteiger partial charge is 0.494 e. The molecule has 2 rings (SSSR count). The van der Waals surface area contributed by atoms with Crippen LogP contribution in [0, 0.1) is 0 Å². The van der Waals surface area contributed by atoms with Crippen LogP contribution < -0.4 is 4.74 Å². The minimum atomic E-state index is -0.224. The van der Waals surface area contributed by atoms with E-state index in [4.69, 9.17) is 9.47 Å². The highest BCUT2D eigenvalue weighted by molar-refractivity contribution is 5.70. The summed E-state index contributed by atoms with van der Waals surface area (Å²) >= 11 is 0. The van der Waals surface area contributed by atoms with Gasteiger partial charge in [0.15, 0.2) is 0 Å². The van der Waals surface area contributed by atoms with Gasteiger partial charge in [-0.3, -0.25) is 4.79 Å². The van der Waals surface area contributed by atoms with Crippen molar-refractivity contribution in [2.24, 2.45) is 0 Å². The Kier molecular flexibility index (Phi) is 19.0. The van der Waals surface area contributed by atoms with Gasteiger partial charge in [0.1, 0.15) is 11.9 Å². The first-order valence-corrected chi connectivity index (χ1v) is 16.7. The van der Waals surface area contributed by atoms with Crippen LogP contribution >= 0.6 is 0 Å². The molecule has 0 N–H and O–H groups in total. The van der Waals surface area contributed by atoms with Crippen molar-refractivity contribution in [2.75, 3.05) is 6.61 Å². The normalized spacial score (nSPS) is 11.9. The molecule has 0 spiro atoms. The average Bonchev–Trinajstić information content (AvgIpc) is 2.97. The van der Waals surface area contributed by atoms with Crippen molar-refractivity contribution in [3.8, 4) is 16.9 Å². The maximum Gasteiger partial charge on any atom is 0.306 e. The third-order valence-electron chi connectivity index (χ3n) is 7.88. The van der Waals surface area contributed by atoms with Gasteiger partial charge in [-0.15, -0.1) is 0 Å². The number of benzene rings is 2. The van der Waals surface area contributed by atoms with Crippen LogP contribution in [0.25, 0.3) is 11.1 Å². The first-order chi connectivity index (χ1) is 19.6. The predicted octanol–water partition coefficient (Wildman–Crippen LogP) is 11.8. The van der Waals surface area contributed by atoms with Gasteiger partial charge >= 0.3 is 5.97 Å². The minimum absolute atomic E-state index is 0.0949. The van der Waals surface area contributed by atoms with Gasteiger partial charge in [0.2, 0.25) is 0 Å². The molecule has 2 aromatic carbocycles. The van der Waals surface area contributed by atoms with Gasteiger partial charge in [-0.1, -0.05) is 153 Å². The van der Waals surface area contributed by atoms with Crippen molar-refractivity contribution in [3.63, 3.8) is 0 Å². The molecule has 0 aliphatic heterocycles. The number of carbonyl (C=O) groups excluding carboxylic acids is 1. The van der Waals surface area contributed by atoms with E-state index < -0.39 is 0 Å². The van der Waals surface area contributed by atoms with Crippen LogP contribution in [-0.2, 0) is 9.53 Å². The lowest BCUT2D eigenvalue weighted by Crippen LogP contribution is -2.08. The van der Waals surface area contributed by atoms with E-state index in [9.17, 15) is 4.79 Å². The Balaban J connectivity index is 1.56. The van der Waals surface area contributed by atoms with Crippen LogP contribution in [0.3, 0.4) is 0 Å². The second kappa shape index (κ2) is 22.4. The molecule has 0 bridgehead atoms. The highest BCUT2D eigenvalue weighted by Crippen LogP contribution is 2.26. The molecule has 1 unspecified atom stereocenters. The fraction of sp³-hybridized carbons (Fsp3) is 0.649. The molecule has 0 saturated carbocycles. The molecule has 1 atom stereocenters. The summed E-state index contributed by atoms with van der Waals surface area (Å²) in [5.74, 6) is 0.844. The fourth-order valence-corrected chi connectivity index (χ4v) is 5.20. The van der Waals surface area contributed by atoms with Gasteiger partial charge in [0.05, 0.1) is 6.61 Å². The monoisotopic (exact) mass is 550 g/mol. The van der Waals surface area contributed by atoms with Crippen LogP contribution in [0.5, 0.6) is 5.75 Å². The number of ether oxygens (including phenoxy) is 2. The molecule has 3 nitrogen and oxygen atoms in total. The Morgan fingerprint density at radius 1 is 0.575 bits per heavy atom. The SMILES string of the molecule is CCCCCCCCCCCCCCCOc1ccc(-c2ccc(C(C)OC(=O)CCCCCCC)cc2)cc1. The Morgan fingerprint density at radius 3 is 1.50 bits per heavy atom. The summed E-state index contributed by atoms with van der Waals surface area (Å²) in [6.45, 7) is 7.23. The number of hydrogen-bond donors (Lipinski definition) is 0. The maximum absolute atomic E-state index is 12.2. The Hall–Kier alpha value is -2.29. The van der Waals surface area contributed by atoms with Gasteiger partial charge in [0.25, 0.3) is 0 Å². The van der Waals surface area contributed by atoms with Crippen LogP contribution in [0.15, 0.2) is 48.5 Å². The molecule has 3 heteroatoms. The van der Waals surface area contributed by atoms with Crippen molar-refractivity contribution in [1.82, 2.24) is 0 Å². The molecule has 0 aliphatic carbocycles. The third kappa shape index (κ3) is 15.5. The van der Waals surface area contributed by atoms with E-state index in [2.05, 4.69) is 62.4 Å². The lowest BCUT2D eigenvalue weighted by Gasteiger charge is -2.14. The summed E-state index contributed by atoms with van der Waals surface area (Å²) in [5, 5.41) is 0. The van der Waals surface area contributed by atoms with Gasteiger partial charge in [0, 0.05) is 6.42 Å². The highest BCUT2D eigenvalue weighted by atomic mass is 16.5. The molecular weight excluding hydrogens is 492 g/mol. The van der Waals surface area contributed by atoms with E-state index in [0.717, 1.165) is 48.3 Å². The summed E-state index contributed by atoms with van der Waals surface area (Å²) in [6, 6.07) is 16.7. The molecule has 40 heavy (non-hydrogen) atoms. The van der Waals surface area contributed by atoms with E-state index in [1.807, 2.05) is 6.92 Å². The van der Waals surface area contributed by atoms with Crippen molar-refractivity contribution < 1.29 is 14.3 Å². The zero-order chi connectivity index (χ0) is 28.7. The molecule has 0 heterocycles. The van der Waals surface area contributed by atoms with Crippen molar-refractivity contribution in [3.05, 3.63) is 54.1 Å². The number of esters is 1. The molecule has 0 radical (unpaired) electrons. The van der Waals surface area contributed by atoms with E-state index in [1.54, 1.807) is 0 Å². The van der Waals surface area contributed by atoms with Crippen LogP contribution in [0.2, 0.25) is 0 Å². The summed E-state index contributed by atoms with van der Waals surface area (Å²) < 4.78 is 11.6. The predicted molar refractivity (Wildman–Crippen MR) is 171 cm³/mol. The first-order valence-electron chi connectivity index (χ1n) is 16.7. The molecule has 0 amide bonds. The maximum atomic E-state index is 12.2. The van der Waals surface area contributed by atoms with Gasteiger partial charge in [-0.25, -0.2) is 0 Å². The zero-order valence-electron chi connectivity index (χ0n) is 26.1. The second-order valence-corrected chi connectivity index (χ2v) is 11.5. The smallest absolute Gasteiger partial charge is 0.306 e. The summed E-state index contributed by atoms with van der Waals surface area (Å²) in [5.41, 5.74) is 3.35. The number of hydrogen-bond acceptors (Lipinski definition) is 3. The van der Waals surface area contributed by atoms with Gasteiger partial charge in [-0.2, -0.15) is 0 Å². The van der Waals surface area contributed by atoms with E-state index in [0.29, 0.717) is 6.42 Å². The molecule has 0 fully saturated rings. The lowest BCUT2D eigenvalue weighted by molar-refractivity contribution is -0.148. The molecule has 0 saturated heterocycles. The lowest BCUT2D eigenvalue weighted by atomic mass is 10.0. The first kappa shape index (κ1) is 33.9. The Morgan fingerprint density at radius 2 is 1.00 bits per heavy atom. The Labute approximate surface area is 246 Å². The van der Waals surface area contributed by atoms with Crippen LogP contribution in [-0.4, -0.2) is 12.6 Å². The highest BCUT2D eigenvalue weighted by Gasteiger charge is 2.12. The molecule has 2 aromatic rings. The third-order valence-corrected chi connectivity index (χ3v) is 7.88. The Bertz CT molecular complexity index is 871. The molecule has 224 valence electrons. The quantitative estimate of drug-likeness (QED) is 0.0963. The van der Waals surface area contributed by atoms with E-state index in [1.165, 1.54) is 96.3 Å². The van der Waals surface area contributed by atoms with Crippen molar-refractivity contribution >= 4 is 5.97 Å². The van der Waals surface area contributed by atoms with Crippen molar-refractivity contribution in [1.29, 1.82) is 0 Å². The standard InChI is InChI=1S/C37H58O3/c1-4-6-8-10-11-12-13-14-15-16-17-19-21-31-39-36-29-27-35(28-30-36)34-25-23-33(24-26-34)32(3)40-37(38)22-20-18-9-7-5-2/h23-30,32H,4-22,31H2,1-3H3. The minimum Gasteiger partial charge on any atom is -0.494 e. The molecule has 0 aromatic heterocycles. The van der Waals surface area contributed by atoms with Gasteiger partial charge in [-0.05, 0) is 48.6 Å². The number of rotatable bonds is 24. The second-order valence-electron chi connectivity index (χ2n) is 11.5. The van der Waals surface area contributed by atoms with E-state index in [-0.39, 0.29) is 12.1 Å². The summed E-state index contributed by atoms with van der Waals surface area (Å²) in [6.07, 6.45) is 23.7. The van der Waals surface area contributed by atoms with Crippen molar-refractivity contribution in [2.45, 2.75) is 149 Å². The average molecular weight is 551 g/mol. The zero-order valence-corrected chi connectivity index (χ0v) is 26.1.